The van der Waals surface area contributed by atoms with Gasteiger partial charge in [-0.25, -0.2) is 4.79 Å². The van der Waals surface area contributed by atoms with Gasteiger partial charge in [0.25, 0.3) is 0 Å². The molecule has 9 N–H and O–H groups in total. The van der Waals surface area contributed by atoms with E-state index in [-0.39, 0.29) is 120 Å². The minimum absolute atomic E-state index is 0.0568. The number of ether oxygens (including phenoxy) is 4. The van der Waals surface area contributed by atoms with Gasteiger partial charge in [-0.05, 0) is 70.1 Å². The molecular formula is C51H92N6O14. The topological polar surface area (TPSA) is 300 Å². The number of nitrogens with two attached hydrogens (primary N) is 1. The van der Waals surface area contributed by atoms with Crippen molar-refractivity contribution in [2.45, 2.75) is 185 Å². The molecule has 1 rings (SSSR count). The molecule has 410 valence electrons. The summed E-state index contributed by atoms with van der Waals surface area (Å²) in [6.07, 6.45) is 24.9. The van der Waals surface area contributed by atoms with E-state index < -0.39 is 24.0 Å². The highest BCUT2D eigenvalue weighted by atomic mass is 16.5. The van der Waals surface area contributed by atoms with E-state index in [1.54, 1.807) is 0 Å². The predicted molar refractivity (Wildman–Crippen MR) is 268 cm³/mol. The average Bonchev–Trinajstić information content (AvgIpc) is 3.35. The van der Waals surface area contributed by atoms with Crippen LogP contribution in [0.2, 0.25) is 0 Å². The van der Waals surface area contributed by atoms with Crippen LogP contribution in [0.1, 0.15) is 173 Å². The lowest BCUT2D eigenvalue weighted by Gasteiger charge is -2.28. The Morgan fingerprint density at radius 1 is 0.493 bits per heavy atom. The molecule has 0 spiro atoms. The normalized spacial score (nSPS) is 15.3. The van der Waals surface area contributed by atoms with Crippen LogP contribution in [0.3, 0.4) is 0 Å². The molecule has 0 heterocycles. The molecule has 2 unspecified atom stereocenters. The van der Waals surface area contributed by atoms with E-state index in [2.05, 4.69) is 26.6 Å². The molecule has 1 saturated carbocycles. The second kappa shape index (κ2) is 45.6. The highest BCUT2D eigenvalue weighted by Crippen LogP contribution is 2.29. The van der Waals surface area contributed by atoms with Gasteiger partial charge >= 0.3 is 11.9 Å². The number of carboxylic acid groups (broad SMARTS) is 2. The molecule has 0 radical (unpaired) electrons. The monoisotopic (exact) mass is 1010 g/mol. The van der Waals surface area contributed by atoms with Crippen LogP contribution >= 0.6 is 0 Å². The van der Waals surface area contributed by atoms with Gasteiger partial charge in [-0.15, -0.1) is 0 Å². The minimum Gasteiger partial charge on any atom is -0.481 e. The van der Waals surface area contributed by atoms with E-state index in [9.17, 15) is 43.5 Å². The molecule has 20 heteroatoms. The summed E-state index contributed by atoms with van der Waals surface area (Å²) >= 11 is 0. The molecule has 1 fully saturated rings. The van der Waals surface area contributed by atoms with Crippen LogP contribution in [0.5, 0.6) is 0 Å². The van der Waals surface area contributed by atoms with Gasteiger partial charge in [0, 0.05) is 51.4 Å². The first kappa shape index (κ1) is 64.8. The lowest BCUT2D eigenvalue weighted by Crippen LogP contribution is -2.45. The van der Waals surface area contributed by atoms with Gasteiger partial charge in [0.15, 0.2) is 0 Å². The number of carboxylic acids is 2. The molecule has 20 nitrogen and oxygen atoms in total. The lowest BCUT2D eigenvalue weighted by atomic mass is 9.81. The Kier molecular flexibility index (Phi) is 41.6. The first-order valence-electron chi connectivity index (χ1n) is 26.7. The third-order valence-corrected chi connectivity index (χ3v) is 12.4. The molecule has 2 atom stereocenters. The summed E-state index contributed by atoms with van der Waals surface area (Å²) in [4.78, 5) is 94.4. The SMILES string of the molecule is NC(C=O)CCCCNC(=O)COCCOCCNC(=O)COCCOCCNC(=O)CCC(NC(=O)C1CCC(CNC(=O)CCCCCCCCCCCCCCCCCCC(=O)O)CC1)C(=O)O. The van der Waals surface area contributed by atoms with E-state index in [0.29, 0.717) is 51.5 Å². The van der Waals surface area contributed by atoms with Crippen molar-refractivity contribution in [1.29, 1.82) is 0 Å². The molecule has 1 aliphatic rings. The molecular weight excluding hydrogens is 921 g/mol. The fourth-order valence-corrected chi connectivity index (χ4v) is 8.12. The summed E-state index contributed by atoms with van der Waals surface area (Å²) in [6.45, 7) is 2.52. The van der Waals surface area contributed by atoms with Crippen molar-refractivity contribution in [3.05, 3.63) is 0 Å². The first-order chi connectivity index (χ1) is 34.4. The van der Waals surface area contributed by atoms with Crippen LogP contribution in [0.25, 0.3) is 0 Å². The number of hydrogen-bond donors (Lipinski definition) is 8. The van der Waals surface area contributed by atoms with E-state index in [1.807, 2.05) is 0 Å². The maximum Gasteiger partial charge on any atom is 0.326 e. The van der Waals surface area contributed by atoms with Crippen molar-refractivity contribution < 1.29 is 67.5 Å². The molecule has 0 saturated heterocycles. The number of aliphatic carboxylic acids is 2. The second-order valence-electron chi connectivity index (χ2n) is 18.7. The quantitative estimate of drug-likeness (QED) is 0.0308. The second-order valence-corrected chi connectivity index (χ2v) is 18.7. The zero-order chi connectivity index (χ0) is 52.0. The molecule has 71 heavy (non-hydrogen) atoms. The average molecular weight is 1010 g/mol. The number of aldehydes is 1. The summed E-state index contributed by atoms with van der Waals surface area (Å²) in [5, 5.41) is 32.1. The summed E-state index contributed by atoms with van der Waals surface area (Å²) in [5.74, 6) is -3.13. The van der Waals surface area contributed by atoms with Crippen LogP contribution in [-0.2, 0) is 57.3 Å². The van der Waals surface area contributed by atoms with Crippen LogP contribution in [0, 0.1) is 11.8 Å². The largest absolute Gasteiger partial charge is 0.481 e. The molecule has 0 aliphatic heterocycles. The third kappa shape index (κ3) is 41.0. The number of hydrogen-bond acceptors (Lipinski definition) is 13. The number of unbranched alkanes of at least 4 members (excludes halogenated alkanes) is 16. The molecule has 0 aromatic heterocycles. The minimum atomic E-state index is -1.20. The number of rotatable bonds is 49. The zero-order valence-corrected chi connectivity index (χ0v) is 42.8. The van der Waals surface area contributed by atoms with Crippen LogP contribution < -0.4 is 32.3 Å². The standard InChI is InChI=1S/C51H92N6O14/c52-43(38-58)19-17-18-28-53-47(61)39-70-35-34-69-32-30-55-48(62)40-71-36-33-68-31-29-54-46(60)27-26-44(51(66)67)57-50(65)42-24-22-41(23-25-42)37-56-45(59)20-15-13-11-9-7-5-3-1-2-4-6-8-10-12-14-16-21-49(63)64/h38,41-44H,1-37,39-40,52H2,(H,53,61)(H,54,60)(H,55,62)(H,56,59)(H,57,65)(H,63,64)(H,66,67). The number of nitrogens with one attached hydrogen (secondary N) is 5. The van der Waals surface area contributed by atoms with Crippen molar-refractivity contribution >= 4 is 47.8 Å². The third-order valence-electron chi connectivity index (χ3n) is 12.4. The van der Waals surface area contributed by atoms with Crippen molar-refractivity contribution in [1.82, 2.24) is 26.6 Å². The van der Waals surface area contributed by atoms with Gasteiger partial charge in [0.1, 0.15) is 25.5 Å². The fourth-order valence-electron chi connectivity index (χ4n) is 8.12. The van der Waals surface area contributed by atoms with Gasteiger partial charge in [-0.2, -0.15) is 0 Å². The fraction of sp³-hybridized carbons (Fsp3) is 0.843. The van der Waals surface area contributed by atoms with E-state index in [4.69, 9.17) is 29.8 Å². The Morgan fingerprint density at radius 2 is 0.944 bits per heavy atom. The predicted octanol–water partition coefficient (Wildman–Crippen LogP) is 4.48. The highest BCUT2D eigenvalue weighted by molar-refractivity contribution is 5.85. The van der Waals surface area contributed by atoms with Crippen molar-refractivity contribution in [2.75, 3.05) is 79.0 Å². The summed E-state index contributed by atoms with van der Waals surface area (Å²) < 4.78 is 21.3. The summed E-state index contributed by atoms with van der Waals surface area (Å²) in [7, 11) is 0. The van der Waals surface area contributed by atoms with Gasteiger partial charge < -0.3 is 66.3 Å². The Morgan fingerprint density at radius 3 is 1.44 bits per heavy atom. The van der Waals surface area contributed by atoms with E-state index in [0.717, 1.165) is 64.2 Å². The molecule has 0 aromatic rings. The first-order valence-corrected chi connectivity index (χ1v) is 26.7. The maximum atomic E-state index is 13.0. The van der Waals surface area contributed by atoms with Crippen LogP contribution in [-0.4, -0.2) is 149 Å². The van der Waals surface area contributed by atoms with E-state index >= 15 is 0 Å². The summed E-state index contributed by atoms with van der Waals surface area (Å²) in [5.41, 5.74) is 5.52. The Balaban J connectivity index is 1.97. The number of amides is 5. The summed E-state index contributed by atoms with van der Waals surface area (Å²) in [6, 6.07) is -1.65. The zero-order valence-electron chi connectivity index (χ0n) is 42.8. The van der Waals surface area contributed by atoms with Gasteiger partial charge in [-0.1, -0.05) is 89.9 Å². The number of carbonyl (C=O) groups is 8. The van der Waals surface area contributed by atoms with Crippen LogP contribution in [0.4, 0.5) is 0 Å². The van der Waals surface area contributed by atoms with Crippen molar-refractivity contribution in [3.63, 3.8) is 0 Å². The molecule has 5 amide bonds. The Labute approximate surface area is 422 Å². The van der Waals surface area contributed by atoms with Gasteiger partial charge in [-0.3, -0.25) is 28.8 Å². The molecule has 1 aliphatic carbocycles. The highest BCUT2D eigenvalue weighted by Gasteiger charge is 2.30. The van der Waals surface area contributed by atoms with Crippen molar-refractivity contribution in [3.8, 4) is 0 Å². The van der Waals surface area contributed by atoms with Crippen LogP contribution in [0.15, 0.2) is 0 Å². The van der Waals surface area contributed by atoms with E-state index in [1.165, 1.54) is 64.2 Å². The Hall–Kier alpha value is -4.24. The smallest absolute Gasteiger partial charge is 0.326 e. The Bertz CT molecular complexity index is 1450. The maximum absolute atomic E-state index is 13.0. The molecule has 0 bridgehead atoms. The van der Waals surface area contributed by atoms with Gasteiger partial charge in [0.2, 0.25) is 29.5 Å². The number of carbonyl (C=O) groups excluding carboxylic acids is 6. The van der Waals surface area contributed by atoms with Crippen molar-refractivity contribution in [2.24, 2.45) is 17.6 Å². The molecule has 0 aromatic carbocycles. The lowest BCUT2D eigenvalue weighted by molar-refractivity contribution is -0.143. The van der Waals surface area contributed by atoms with Gasteiger partial charge in [0.05, 0.1) is 45.7 Å².